The minimum Gasteiger partial charge on any atom is -0.481 e. The van der Waals surface area contributed by atoms with Gasteiger partial charge in [0.25, 0.3) is 5.91 Å². The molecule has 0 heterocycles. The fourth-order valence-corrected chi connectivity index (χ4v) is 3.18. The minimum absolute atomic E-state index is 0.0958. The summed E-state index contributed by atoms with van der Waals surface area (Å²) < 4.78 is 31.8. The average molecular weight is 373 g/mol. The van der Waals surface area contributed by atoms with Crippen molar-refractivity contribution in [3.05, 3.63) is 53.6 Å². The van der Waals surface area contributed by atoms with Gasteiger partial charge in [-0.05, 0) is 62.9 Å². The zero-order valence-corrected chi connectivity index (χ0v) is 15.4. The standard InChI is InChI=1S/C18H19N3O4S/c1-12-4-7-15(10-17(12)26(23,24)20-3)21-18(22)13(2)25-16-8-5-14(11-19)6-9-16/h4-10,13,20H,1-3H3,(H,21,22)/t13-/m0/s1. The van der Waals surface area contributed by atoms with Crippen LogP contribution in [0, 0.1) is 18.3 Å². The molecule has 0 spiro atoms. The summed E-state index contributed by atoms with van der Waals surface area (Å²) in [6.07, 6.45) is -0.811. The van der Waals surface area contributed by atoms with E-state index in [1.54, 1.807) is 50.2 Å². The van der Waals surface area contributed by atoms with E-state index in [1.807, 2.05) is 6.07 Å². The van der Waals surface area contributed by atoms with Crippen molar-refractivity contribution in [2.75, 3.05) is 12.4 Å². The van der Waals surface area contributed by atoms with Crippen molar-refractivity contribution in [3.8, 4) is 11.8 Å². The second-order valence-electron chi connectivity index (χ2n) is 5.57. The van der Waals surface area contributed by atoms with Crippen LogP contribution in [0.25, 0.3) is 0 Å². The lowest BCUT2D eigenvalue weighted by molar-refractivity contribution is -0.122. The maximum atomic E-state index is 12.3. The van der Waals surface area contributed by atoms with Gasteiger partial charge in [0.2, 0.25) is 10.0 Å². The highest BCUT2D eigenvalue weighted by Crippen LogP contribution is 2.20. The Kier molecular flexibility index (Phi) is 5.97. The normalized spacial score (nSPS) is 12.1. The molecule has 7 nitrogen and oxygen atoms in total. The Balaban J connectivity index is 2.11. The number of aryl methyl sites for hydroxylation is 1. The van der Waals surface area contributed by atoms with Crippen molar-refractivity contribution in [2.24, 2.45) is 0 Å². The first-order chi connectivity index (χ1) is 12.3. The van der Waals surface area contributed by atoms with Gasteiger partial charge in [-0.15, -0.1) is 0 Å². The van der Waals surface area contributed by atoms with Crippen LogP contribution in [0.4, 0.5) is 5.69 Å². The third-order valence-electron chi connectivity index (χ3n) is 3.68. The highest BCUT2D eigenvalue weighted by Gasteiger charge is 2.18. The molecule has 0 saturated heterocycles. The molecule has 0 saturated carbocycles. The Morgan fingerprint density at radius 3 is 2.42 bits per heavy atom. The second kappa shape index (κ2) is 7.99. The molecule has 26 heavy (non-hydrogen) atoms. The molecule has 8 heteroatoms. The number of nitrogens with zero attached hydrogens (tertiary/aromatic N) is 1. The van der Waals surface area contributed by atoms with Crippen LogP contribution in [-0.4, -0.2) is 27.5 Å². The monoisotopic (exact) mass is 373 g/mol. The van der Waals surface area contributed by atoms with Gasteiger partial charge in [-0.25, -0.2) is 13.1 Å². The lowest BCUT2D eigenvalue weighted by atomic mass is 10.2. The Morgan fingerprint density at radius 2 is 1.85 bits per heavy atom. The Labute approximate surface area is 152 Å². The number of hydrogen-bond acceptors (Lipinski definition) is 5. The van der Waals surface area contributed by atoms with Gasteiger partial charge in [-0.2, -0.15) is 5.26 Å². The van der Waals surface area contributed by atoms with Crippen LogP contribution in [0.1, 0.15) is 18.1 Å². The molecule has 0 radical (unpaired) electrons. The lowest BCUT2D eigenvalue weighted by Gasteiger charge is -2.15. The molecule has 0 aliphatic carbocycles. The molecule has 0 aliphatic heterocycles. The van der Waals surface area contributed by atoms with Crippen molar-refractivity contribution in [2.45, 2.75) is 24.8 Å². The molecular weight excluding hydrogens is 354 g/mol. The van der Waals surface area contributed by atoms with E-state index in [0.29, 0.717) is 22.6 Å². The number of rotatable bonds is 6. The van der Waals surface area contributed by atoms with E-state index in [-0.39, 0.29) is 4.90 Å². The van der Waals surface area contributed by atoms with Crippen LogP contribution in [0.2, 0.25) is 0 Å². The molecule has 1 atom stereocenters. The number of hydrogen-bond donors (Lipinski definition) is 2. The number of nitriles is 1. The maximum absolute atomic E-state index is 12.3. The van der Waals surface area contributed by atoms with Crippen molar-refractivity contribution in [3.63, 3.8) is 0 Å². The van der Waals surface area contributed by atoms with Gasteiger partial charge >= 0.3 is 0 Å². The number of ether oxygens (including phenoxy) is 1. The van der Waals surface area contributed by atoms with Gasteiger partial charge in [-0.1, -0.05) is 6.07 Å². The molecule has 136 valence electrons. The number of carbonyl (C=O) groups excluding carboxylic acids is 1. The fourth-order valence-electron chi connectivity index (χ4n) is 2.19. The first-order valence-electron chi connectivity index (χ1n) is 7.78. The number of sulfonamides is 1. The van der Waals surface area contributed by atoms with E-state index in [0.717, 1.165) is 0 Å². The third-order valence-corrected chi connectivity index (χ3v) is 5.24. The van der Waals surface area contributed by atoms with Crippen LogP contribution >= 0.6 is 0 Å². The van der Waals surface area contributed by atoms with E-state index >= 15 is 0 Å². The quantitative estimate of drug-likeness (QED) is 0.807. The second-order valence-corrected chi connectivity index (χ2v) is 7.43. The number of benzene rings is 2. The van der Waals surface area contributed by atoms with Gasteiger partial charge in [0, 0.05) is 5.69 Å². The largest absolute Gasteiger partial charge is 0.481 e. The first kappa shape index (κ1) is 19.4. The smallest absolute Gasteiger partial charge is 0.265 e. The summed E-state index contributed by atoms with van der Waals surface area (Å²) in [6, 6.07) is 13.0. The summed E-state index contributed by atoms with van der Waals surface area (Å²) in [5.41, 5.74) is 1.41. The first-order valence-corrected chi connectivity index (χ1v) is 9.27. The molecule has 0 aliphatic rings. The Hall–Kier alpha value is -2.89. The molecule has 1 amide bonds. The molecule has 2 rings (SSSR count). The zero-order chi connectivity index (χ0) is 19.3. The number of amides is 1. The van der Waals surface area contributed by atoms with Gasteiger partial charge < -0.3 is 10.1 Å². The number of carbonyl (C=O) groups is 1. The predicted octanol–water partition coefficient (Wildman–Crippen LogP) is 2.18. The third kappa shape index (κ3) is 4.59. The number of anilines is 1. The zero-order valence-electron chi connectivity index (χ0n) is 14.6. The van der Waals surface area contributed by atoms with E-state index in [9.17, 15) is 13.2 Å². The molecule has 2 aromatic carbocycles. The van der Waals surface area contributed by atoms with E-state index in [1.165, 1.54) is 13.1 Å². The van der Waals surface area contributed by atoms with Gasteiger partial charge in [0.15, 0.2) is 6.10 Å². The highest BCUT2D eigenvalue weighted by atomic mass is 32.2. The average Bonchev–Trinajstić information content (AvgIpc) is 2.63. The van der Waals surface area contributed by atoms with E-state index in [2.05, 4.69) is 10.0 Å². The van der Waals surface area contributed by atoms with Gasteiger partial charge in [0.1, 0.15) is 5.75 Å². The number of nitrogens with one attached hydrogen (secondary N) is 2. The Morgan fingerprint density at radius 1 is 1.19 bits per heavy atom. The summed E-state index contributed by atoms with van der Waals surface area (Å²) in [4.78, 5) is 12.4. The molecule has 2 N–H and O–H groups in total. The van der Waals surface area contributed by atoms with Gasteiger partial charge in [-0.3, -0.25) is 4.79 Å². The van der Waals surface area contributed by atoms with E-state index < -0.39 is 22.0 Å². The van der Waals surface area contributed by atoms with Crippen LogP contribution in [0.5, 0.6) is 5.75 Å². The van der Waals surface area contributed by atoms with Crippen molar-refractivity contribution in [1.82, 2.24) is 4.72 Å². The van der Waals surface area contributed by atoms with Crippen LogP contribution in [0.15, 0.2) is 47.4 Å². The highest BCUT2D eigenvalue weighted by molar-refractivity contribution is 7.89. The topological polar surface area (TPSA) is 108 Å². The molecular formula is C18H19N3O4S. The summed E-state index contributed by atoms with van der Waals surface area (Å²) in [7, 11) is -2.29. The Bertz CT molecular complexity index is 947. The predicted molar refractivity (Wildman–Crippen MR) is 97.3 cm³/mol. The molecule has 0 fully saturated rings. The molecule has 0 unspecified atom stereocenters. The molecule has 0 bridgehead atoms. The molecule has 2 aromatic rings. The van der Waals surface area contributed by atoms with Crippen LogP contribution in [-0.2, 0) is 14.8 Å². The minimum atomic E-state index is -3.62. The van der Waals surface area contributed by atoms with Crippen molar-refractivity contribution < 1.29 is 17.9 Å². The summed E-state index contributed by atoms with van der Waals surface area (Å²) in [5, 5.41) is 11.4. The van der Waals surface area contributed by atoms with E-state index in [4.69, 9.17) is 10.00 Å². The van der Waals surface area contributed by atoms with Crippen molar-refractivity contribution >= 4 is 21.6 Å². The summed E-state index contributed by atoms with van der Waals surface area (Å²) in [5.74, 6) is 0.0278. The summed E-state index contributed by atoms with van der Waals surface area (Å²) >= 11 is 0. The SMILES string of the molecule is CNS(=O)(=O)c1cc(NC(=O)[C@H](C)Oc2ccc(C#N)cc2)ccc1C. The van der Waals surface area contributed by atoms with Crippen LogP contribution in [0.3, 0.4) is 0 Å². The fraction of sp³-hybridized carbons (Fsp3) is 0.222. The molecule has 0 aromatic heterocycles. The van der Waals surface area contributed by atoms with Crippen LogP contribution < -0.4 is 14.8 Å². The maximum Gasteiger partial charge on any atom is 0.265 e. The van der Waals surface area contributed by atoms with Crippen molar-refractivity contribution in [1.29, 1.82) is 5.26 Å². The summed E-state index contributed by atoms with van der Waals surface area (Å²) in [6.45, 7) is 3.25. The lowest BCUT2D eigenvalue weighted by Crippen LogP contribution is -2.30. The van der Waals surface area contributed by atoms with Gasteiger partial charge in [0.05, 0.1) is 16.5 Å².